The summed E-state index contributed by atoms with van der Waals surface area (Å²) in [4.78, 5) is 0. The second-order valence-corrected chi connectivity index (χ2v) is 4.86. The first-order chi connectivity index (χ1) is 6.51. The van der Waals surface area contributed by atoms with Gasteiger partial charge < -0.3 is 9.88 Å². The third-order valence-electron chi connectivity index (χ3n) is 2.12. The number of rotatable bonds is 4. The molecular weight excluding hydrogens is 172 g/mol. The average Bonchev–Trinajstić information content (AvgIpc) is 2.49. The van der Waals surface area contributed by atoms with Gasteiger partial charge in [0.15, 0.2) is 0 Å². The monoisotopic (exact) mass is 194 g/mol. The van der Waals surface area contributed by atoms with E-state index < -0.39 is 0 Å². The van der Waals surface area contributed by atoms with Crippen molar-refractivity contribution in [3.63, 3.8) is 0 Å². The Kier molecular flexibility index (Phi) is 3.76. The maximum Gasteiger partial charge on any atom is 0.0225 e. The Morgan fingerprint density at radius 3 is 2.64 bits per heavy atom. The molecule has 1 N–H and O–H groups in total. The van der Waals surface area contributed by atoms with Crippen LogP contribution >= 0.6 is 0 Å². The molecule has 1 heterocycles. The normalized spacial score (nSPS) is 12.0. The predicted molar refractivity (Wildman–Crippen MR) is 61.3 cm³/mol. The second kappa shape index (κ2) is 4.65. The van der Waals surface area contributed by atoms with Crippen molar-refractivity contribution in [3.05, 3.63) is 24.0 Å². The quantitative estimate of drug-likeness (QED) is 0.780. The van der Waals surface area contributed by atoms with Crippen molar-refractivity contribution in [1.29, 1.82) is 0 Å². The van der Waals surface area contributed by atoms with Crippen molar-refractivity contribution >= 4 is 0 Å². The highest BCUT2D eigenvalue weighted by atomic mass is 15.0. The van der Waals surface area contributed by atoms with Gasteiger partial charge in [-0.2, -0.15) is 0 Å². The van der Waals surface area contributed by atoms with Crippen molar-refractivity contribution < 1.29 is 0 Å². The lowest BCUT2D eigenvalue weighted by atomic mass is 10.1. The van der Waals surface area contributed by atoms with Crippen LogP contribution in [0.2, 0.25) is 0 Å². The fourth-order valence-electron chi connectivity index (χ4n) is 1.36. The molecule has 0 saturated carbocycles. The maximum absolute atomic E-state index is 3.48. The molecule has 80 valence electrons. The minimum Gasteiger partial charge on any atom is -0.354 e. The smallest absolute Gasteiger partial charge is 0.0225 e. The molecule has 1 aromatic heterocycles. The van der Waals surface area contributed by atoms with E-state index in [-0.39, 0.29) is 5.54 Å². The number of nitrogens with one attached hydrogen (secondary N) is 1. The molecular formula is C12H22N2. The topological polar surface area (TPSA) is 17.0 Å². The van der Waals surface area contributed by atoms with Gasteiger partial charge in [0.25, 0.3) is 0 Å². The lowest BCUT2D eigenvalue weighted by molar-refractivity contribution is 0.424. The summed E-state index contributed by atoms with van der Waals surface area (Å²) in [5.74, 6) is 0. The molecule has 0 spiro atoms. The summed E-state index contributed by atoms with van der Waals surface area (Å²) in [5, 5.41) is 3.48. The van der Waals surface area contributed by atoms with Gasteiger partial charge in [-0.05, 0) is 38.8 Å². The molecule has 0 atom stereocenters. The number of hydrogen-bond donors (Lipinski definition) is 1. The summed E-state index contributed by atoms with van der Waals surface area (Å²) in [5.41, 5.74) is 1.57. The van der Waals surface area contributed by atoms with Gasteiger partial charge in [0.05, 0.1) is 0 Å². The van der Waals surface area contributed by atoms with Gasteiger partial charge in [-0.3, -0.25) is 0 Å². The van der Waals surface area contributed by atoms with E-state index in [0.29, 0.717) is 0 Å². The Balaban J connectivity index is 2.44. The van der Waals surface area contributed by atoms with Crippen LogP contribution in [0.15, 0.2) is 18.5 Å². The van der Waals surface area contributed by atoms with Crippen molar-refractivity contribution in [3.8, 4) is 0 Å². The van der Waals surface area contributed by atoms with Gasteiger partial charge >= 0.3 is 0 Å². The molecule has 0 aliphatic carbocycles. The van der Waals surface area contributed by atoms with Gasteiger partial charge in [0.1, 0.15) is 0 Å². The van der Waals surface area contributed by atoms with Crippen LogP contribution in [-0.2, 0) is 13.1 Å². The second-order valence-electron chi connectivity index (χ2n) is 4.86. The molecule has 0 saturated heterocycles. The third kappa shape index (κ3) is 3.97. The minimum absolute atomic E-state index is 0.201. The lowest BCUT2D eigenvalue weighted by Gasteiger charge is -2.19. The molecule has 1 rings (SSSR count). The molecule has 1 aromatic rings. The molecule has 0 fully saturated rings. The highest BCUT2D eigenvalue weighted by Gasteiger charge is 2.08. The Morgan fingerprint density at radius 1 is 1.36 bits per heavy atom. The zero-order chi connectivity index (χ0) is 10.6. The van der Waals surface area contributed by atoms with Gasteiger partial charge in [0, 0.05) is 31.0 Å². The molecule has 2 nitrogen and oxygen atoms in total. The van der Waals surface area contributed by atoms with E-state index >= 15 is 0 Å². The maximum atomic E-state index is 3.48. The van der Waals surface area contributed by atoms with Crippen molar-refractivity contribution in [2.45, 2.75) is 52.7 Å². The number of aryl methyl sites for hydroxylation is 1. The Hall–Kier alpha value is -0.760. The van der Waals surface area contributed by atoms with Gasteiger partial charge in [-0.25, -0.2) is 0 Å². The summed E-state index contributed by atoms with van der Waals surface area (Å²) >= 11 is 0. The van der Waals surface area contributed by atoms with Crippen molar-refractivity contribution in [2.75, 3.05) is 0 Å². The fourth-order valence-corrected chi connectivity index (χ4v) is 1.36. The molecule has 0 aliphatic heterocycles. The Labute approximate surface area is 87.3 Å². The molecule has 0 amide bonds. The molecule has 0 aromatic carbocycles. The zero-order valence-corrected chi connectivity index (χ0v) is 9.80. The molecule has 0 radical (unpaired) electrons. The van der Waals surface area contributed by atoms with Crippen LogP contribution in [0.4, 0.5) is 0 Å². The first-order valence-corrected chi connectivity index (χ1v) is 5.41. The number of aromatic nitrogens is 1. The molecule has 14 heavy (non-hydrogen) atoms. The van der Waals surface area contributed by atoms with Crippen LogP contribution < -0.4 is 5.32 Å². The molecule has 0 bridgehead atoms. The van der Waals surface area contributed by atoms with E-state index in [4.69, 9.17) is 0 Å². The van der Waals surface area contributed by atoms with Crippen LogP contribution in [-0.4, -0.2) is 10.1 Å². The van der Waals surface area contributed by atoms with Crippen molar-refractivity contribution in [2.24, 2.45) is 0 Å². The zero-order valence-electron chi connectivity index (χ0n) is 9.80. The van der Waals surface area contributed by atoms with E-state index in [2.05, 4.69) is 56.0 Å². The first-order valence-electron chi connectivity index (χ1n) is 5.41. The highest BCUT2D eigenvalue weighted by Crippen LogP contribution is 2.05. The van der Waals surface area contributed by atoms with E-state index in [1.54, 1.807) is 0 Å². The third-order valence-corrected chi connectivity index (χ3v) is 2.12. The van der Waals surface area contributed by atoms with Crippen molar-refractivity contribution in [1.82, 2.24) is 9.88 Å². The minimum atomic E-state index is 0.201. The van der Waals surface area contributed by atoms with E-state index in [1.165, 1.54) is 12.0 Å². The summed E-state index contributed by atoms with van der Waals surface area (Å²) in [7, 11) is 0. The van der Waals surface area contributed by atoms with Crippen LogP contribution in [0, 0.1) is 0 Å². The molecule has 0 unspecified atom stereocenters. The summed E-state index contributed by atoms with van der Waals surface area (Å²) in [6, 6.07) is 2.19. The van der Waals surface area contributed by atoms with E-state index in [9.17, 15) is 0 Å². The predicted octanol–water partition coefficient (Wildman–Crippen LogP) is 2.79. The summed E-state index contributed by atoms with van der Waals surface area (Å²) < 4.78 is 2.25. The fraction of sp³-hybridized carbons (Fsp3) is 0.667. The van der Waals surface area contributed by atoms with E-state index in [1.807, 2.05) is 0 Å². The number of nitrogens with zero attached hydrogens (tertiary/aromatic N) is 1. The van der Waals surface area contributed by atoms with Crippen LogP contribution in [0.3, 0.4) is 0 Å². The number of hydrogen-bond acceptors (Lipinski definition) is 1. The molecule has 0 aliphatic rings. The molecule has 2 heteroatoms. The van der Waals surface area contributed by atoms with Crippen LogP contribution in [0.1, 0.15) is 39.7 Å². The first kappa shape index (κ1) is 11.3. The average molecular weight is 194 g/mol. The summed E-state index contributed by atoms with van der Waals surface area (Å²) in [6.45, 7) is 10.9. The van der Waals surface area contributed by atoms with Crippen LogP contribution in [0.5, 0.6) is 0 Å². The van der Waals surface area contributed by atoms with Gasteiger partial charge in [0.2, 0.25) is 0 Å². The standard InChI is InChI=1S/C12H22N2/c1-5-7-14-8-6-11(10-14)9-13-12(2,3)4/h6,8,10,13H,5,7,9H2,1-4H3. The van der Waals surface area contributed by atoms with Gasteiger partial charge in [-0.15, -0.1) is 0 Å². The highest BCUT2D eigenvalue weighted by molar-refractivity contribution is 5.10. The van der Waals surface area contributed by atoms with Crippen LogP contribution in [0.25, 0.3) is 0 Å². The van der Waals surface area contributed by atoms with E-state index in [0.717, 1.165) is 13.1 Å². The van der Waals surface area contributed by atoms with Gasteiger partial charge in [-0.1, -0.05) is 6.92 Å². The SMILES string of the molecule is CCCn1ccc(CNC(C)(C)C)c1. The summed E-state index contributed by atoms with van der Waals surface area (Å²) in [6.07, 6.45) is 5.58. The lowest BCUT2D eigenvalue weighted by Crippen LogP contribution is -2.34. The Morgan fingerprint density at radius 2 is 2.07 bits per heavy atom. The largest absolute Gasteiger partial charge is 0.354 e. The Bertz CT molecular complexity index is 268.